The Kier molecular flexibility index (Phi) is 5.96. The third-order valence-corrected chi connectivity index (χ3v) is 6.35. The Bertz CT molecular complexity index is 1080. The van der Waals surface area contributed by atoms with Crippen LogP contribution >= 0.6 is 0 Å². The number of carbonyl (C=O) groups excluding carboxylic acids is 2. The predicted octanol–water partition coefficient (Wildman–Crippen LogP) is 2.81. The number of amides is 2. The van der Waals surface area contributed by atoms with E-state index in [9.17, 15) is 9.59 Å². The minimum Gasteiger partial charge on any atom is -0.459 e. The predicted molar refractivity (Wildman–Crippen MR) is 121 cm³/mol. The number of nitrogens with zero attached hydrogens (tertiary/aromatic N) is 3. The van der Waals surface area contributed by atoms with Crippen molar-refractivity contribution in [1.82, 2.24) is 14.4 Å². The number of hydrogen-bond acceptors (Lipinski definition) is 5. The smallest absolute Gasteiger partial charge is 0.290 e. The van der Waals surface area contributed by atoms with Crippen LogP contribution in [0, 0.1) is 0 Å². The van der Waals surface area contributed by atoms with Gasteiger partial charge in [0.25, 0.3) is 5.91 Å². The summed E-state index contributed by atoms with van der Waals surface area (Å²) in [5, 5.41) is 4.09. The fourth-order valence-corrected chi connectivity index (χ4v) is 4.60. The summed E-state index contributed by atoms with van der Waals surface area (Å²) in [6.07, 6.45) is 5.02. The molecule has 5 rings (SSSR count). The van der Waals surface area contributed by atoms with Gasteiger partial charge in [0.15, 0.2) is 5.76 Å². The topological polar surface area (TPSA) is 80.0 Å². The highest BCUT2D eigenvalue weighted by atomic mass is 16.5. The van der Waals surface area contributed by atoms with Crippen molar-refractivity contribution in [3.05, 3.63) is 54.6 Å². The lowest BCUT2D eigenvalue weighted by atomic mass is 10.1. The van der Waals surface area contributed by atoms with Gasteiger partial charge in [-0.2, -0.15) is 0 Å². The van der Waals surface area contributed by atoms with Crippen LogP contribution in [0.1, 0.15) is 23.4 Å². The first-order chi connectivity index (χ1) is 15.7. The molecule has 2 aliphatic heterocycles. The maximum absolute atomic E-state index is 13.0. The first-order valence-corrected chi connectivity index (χ1v) is 11.2. The molecule has 2 fully saturated rings. The minimum absolute atomic E-state index is 0.159. The maximum Gasteiger partial charge on any atom is 0.290 e. The number of furan rings is 1. The van der Waals surface area contributed by atoms with Gasteiger partial charge in [-0.3, -0.25) is 14.5 Å². The zero-order chi connectivity index (χ0) is 21.9. The van der Waals surface area contributed by atoms with Crippen LogP contribution in [-0.4, -0.2) is 71.6 Å². The molecule has 0 bridgehead atoms. The molecule has 1 atom stereocenters. The van der Waals surface area contributed by atoms with Crippen LogP contribution in [0.5, 0.6) is 0 Å². The summed E-state index contributed by atoms with van der Waals surface area (Å²) in [7, 11) is 0. The largest absolute Gasteiger partial charge is 0.459 e. The molecule has 8 nitrogen and oxygen atoms in total. The molecular weight excluding hydrogens is 408 g/mol. The Labute approximate surface area is 186 Å². The Hall–Kier alpha value is -3.10. The number of aromatic nitrogens is 1. The number of morpholine rings is 1. The zero-order valence-electron chi connectivity index (χ0n) is 18.0. The molecule has 2 aliphatic rings. The molecule has 0 saturated carbocycles. The van der Waals surface area contributed by atoms with Crippen molar-refractivity contribution in [2.24, 2.45) is 0 Å². The molecule has 1 aromatic carbocycles. The lowest BCUT2D eigenvalue weighted by molar-refractivity contribution is -0.119. The summed E-state index contributed by atoms with van der Waals surface area (Å²) in [5.74, 6) is -0.126. The maximum atomic E-state index is 13.0. The normalized spacial score (nSPS) is 19.5. The third-order valence-electron chi connectivity index (χ3n) is 6.35. The SMILES string of the molecule is O=C(Nc1ccc2c(ccn2CCN2CCOCC2)c1)C1CCCN1C(=O)c1ccco1. The van der Waals surface area contributed by atoms with E-state index in [2.05, 4.69) is 27.0 Å². The molecule has 2 saturated heterocycles. The highest BCUT2D eigenvalue weighted by Gasteiger charge is 2.35. The van der Waals surface area contributed by atoms with Gasteiger partial charge in [0, 0.05) is 55.5 Å². The van der Waals surface area contributed by atoms with Crippen LogP contribution in [0.25, 0.3) is 10.9 Å². The van der Waals surface area contributed by atoms with Crippen LogP contribution in [0.3, 0.4) is 0 Å². The van der Waals surface area contributed by atoms with Gasteiger partial charge in [-0.25, -0.2) is 0 Å². The van der Waals surface area contributed by atoms with Gasteiger partial charge < -0.3 is 23.9 Å². The second-order valence-electron chi connectivity index (χ2n) is 8.36. The summed E-state index contributed by atoms with van der Waals surface area (Å²) in [6.45, 7) is 6.05. The molecule has 0 spiro atoms. The second kappa shape index (κ2) is 9.18. The standard InChI is InChI=1S/C24H28N4O4/c29-23(21-3-1-8-28(21)24(30)22-4-2-14-32-22)25-19-5-6-20-18(17-19)7-9-27(20)11-10-26-12-15-31-16-13-26/h2,4-7,9,14,17,21H,1,3,8,10-13,15-16H2,(H,25,29). The molecule has 0 aliphatic carbocycles. The van der Waals surface area contributed by atoms with E-state index in [-0.39, 0.29) is 17.6 Å². The van der Waals surface area contributed by atoms with E-state index in [1.54, 1.807) is 17.0 Å². The Morgan fingerprint density at radius 1 is 1.06 bits per heavy atom. The van der Waals surface area contributed by atoms with Gasteiger partial charge in [-0.1, -0.05) is 0 Å². The van der Waals surface area contributed by atoms with E-state index in [4.69, 9.17) is 9.15 Å². The average Bonchev–Trinajstić information content (AvgIpc) is 3.59. The summed E-state index contributed by atoms with van der Waals surface area (Å²) in [5.41, 5.74) is 1.89. The molecule has 168 valence electrons. The van der Waals surface area contributed by atoms with Gasteiger partial charge in [0.05, 0.1) is 19.5 Å². The minimum atomic E-state index is -0.485. The highest BCUT2D eigenvalue weighted by Crippen LogP contribution is 2.24. The Morgan fingerprint density at radius 2 is 1.94 bits per heavy atom. The average molecular weight is 437 g/mol. The number of carbonyl (C=O) groups is 2. The number of hydrogen-bond donors (Lipinski definition) is 1. The lowest BCUT2D eigenvalue weighted by Gasteiger charge is -2.26. The fraction of sp³-hybridized carbons (Fsp3) is 0.417. The third kappa shape index (κ3) is 4.28. The number of rotatable bonds is 6. The Morgan fingerprint density at radius 3 is 2.75 bits per heavy atom. The molecule has 32 heavy (non-hydrogen) atoms. The second-order valence-corrected chi connectivity index (χ2v) is 8.36. The van der Waals surface area contributed by atoms with Crippen molar-refractivity contribution in [2.75, 3.05) is 44.7 Å². The first kappa shape index (κ1) is 20.8. The van der Waals surface area contributed by atoms with Crippen molar-refractivity contribution >= 4 is 28.4 Å². The number of ether oxygens (including phenoxy) is 1. The van der Waals surface area contributed by atoms with E-state index in [1.165, 1.54) is 6.26 Å². The molecule has 2 amide bonds. The van der Waals surface area contributed by atoms with E-state index < -0.39 is 6.04 Å². The molecule has 0 radical (unpaired) electrons. The van der Waals surface area contributed by atoms with Crippen LogP contribution in [0.15, 0.2) is 53.3 Å². The zero-order valence-corrected chi connectivity index (χ0v) is 18.0. The van der Waals surface area contributed by atoms with Crippen molar-refractivity contribution in [2.45, 2.75) is 25.4 Å². The van der Waals surface area contributed by atoms with Gasteiger partial charge in [0.2, 0.25) is 5.91 Å². The number of nitrogens with one attached hydrogen (secondary N) is 1. The first-order valence-electron chi connectivity index (χ1n) is 11.2. The fourth-order valence-electron chi connectivity index (χ4n) is 4.60. The lowest BCUT2D eigenvalue weighted by Crippen LogP contribution is -2.43. The highest BCUT2D eigenvalue weighted by molar-refractivity contribution is 6.01. The molecule has 3 aromatic rings. The van der Waals surface area contributed by atoms with E-state index in [0.717, 1.165) is 62.4 Å². The van der Waals surface area contributed by atoms with Crippen molar-refractivity contribution in [1.29, 1.82) is 0 Å². The summed E-state index contributed by atoms with van der Waals surface area (Å²) in [4.78, 5) is 29.7. The number of anilines is 1. The van der Waals surface area contributed by atoms with Crippen LogP contribution in [-0.2, 0) is 16.1 Å². The molecule has 4 heterocycles. The number of fused-ring (bicyclic) bond motifs is 1. The van der Waals surface area contributed by atoms with E-state index in [0.29, 0.717) is 13.0 Å². The van der Waals surface area contributed by atoms with Crippen molar-refractivity contribution in [3.63, 3.8) is 0 Å². The van der Waals surface area contributed by atoms with Crippen molar-refractivity contribution < 1.29 is 18.7 Å². The molecular formula is C24H28N4O4. The molecule has 2 aromatic heterocycles. The molecule has 8 heteroatoms. The summed E-state index contributed by atoms with van der Waals surface area (Å²) in [6, 6.07) is 10.9. The number of benzene rings is 1. The van der Waals surface area contributed by atoms with Crippen LogP contribution < -0.4 is 5.32 Å². The quantitative estimate of drug-likeness (QED) is 0.643. The molecule has 1 unspecified atom stereocenters. The van der Waals surface area contributed by atoms with Crippen LogP contribution in [0.2, 0.25) is 0 Å². The molecule has 1 N–H and O–H groups in total. The van der Waals surface area contributed by atoms with Gasteiger partial charge in [-0.05, 0) is 49.2 Å². The van der Waals surface area contributed by atoms with Gasteiger partial charge >= 0.3 is 0 Å². The monoisotopic (exact) mass is 436 g/mol. The van der Waals surface area contributed by atoms with Crippen LogP contribution in [0.4, 0.5) is 5.69 Å². The summed E-state index contributed by atoms with van der Waals surface area (Å²) >= 11 is 0. The van der Waals surface area contributed by atoms with E-state index >= 15 is 0 Å². The summed E-state index contributed by atoms with van der Waals surface area (Å²) < 4.78 is 12.9. The van der Waals surface area contributed by atoms with Crippen molar-refractivity contribution in [3.8, 4) is 0 Å². The Balaban J connectivity index is 1.24. The van der Waals surface area contributed by atoms with E-state index in [1.807, 2.05) is 18.2 Å². The van der Waals surface area contributed by atoms with Gasteiger partial charge in [0.1, 0.15) is 6.04 Å². The number of likely N-dealkylation sites (tertiary alicyclic amines) is 1. The van der Waals surface area contributed by atoms with Gasteiger partial charge in [-0.15, -0.1) is 0 Å².